The number of nitrogens with zero attached hydrogens (tertiary/aromatic N) is 2. The second kappa shape index (κ2) is 6.91. The summed E-state index contributed by atoms with van der Waals surface area (Å²) >= 11 is 12.2. The first-order valence-electron chi connectivity index (χ1n) is 5.90. The highest BCUT2D eigenvalue weighted by Crippen LogP contribution is 2.25. The van der Waals surface area contributed by atoms with E-state index in [0.29, 0.717) is 23.2 Å². The number of para-hydroxylation sites is 1. The summed E-state index contributed by atoms with van der Waals surface area (Å²) in [7, 11) is 1.68. The van der Waals surface area contributed by atoms with Gasteiger partial charge in [0.1, 0.15) is 0 Å². The fourth-order valence-corrected chi connectivity index (χ4v) is 2.20. The molecule has 0 atom stereocenters. The Morgan fingerprint density at radius 1 is 1.37 bits per heavy atom. The van der Waals surface area contributed by atoms with Crippen LogP contribution in [0.25, 0.3) is 5.69 Å². The molecule has 0 fully saturated rings. The molecule has 1 N–H and O–H groups in total. The van der Waals surface area contributed by atoms with Crippen molar-refractivity contribution in [3.63, 3.8) is 0 Å². The maximum atomic E-state index is 6.26. The molecule has 102 valence electrons. The number of ether oxygens (including phenoxy) is 1. The summed E-state index contributed by atoms with van der Waals surface area (Å²) in [6, 6.07) is 5.77. The second-order valence-corrected chi connectivity index (χ2v) is 4.86. The van der Waals surface area contributed by atoms with Crippen LogP contribution in [0, 0.1) is 0 Å². The number of rotatable bonds is 6. The Labute approximate surface area is 122 Å². The molecule has 2 rings (SSSR count). The van der Waals surface area contributed by atoms with Gasteiger partial charge in [0.05, 0.1) is 28.5 Å². The average Bonchev–Trinajstić information content (AvgIpc) is 2.81. The molecule has 2 aromatic rings. The number of hydrogen-bond donors (Lipinski definition) is 1. The summed E-state index contributed by atoms with van der Waals surface area (Å²) in [5.74, 6) is 0. The SMILES string of the molecule is COCCNCc1cccc(Cl)c1-n1cc(Cl)cn1. The molecule has 0 spiro atoms. The molecule has 0 amide bonds. The zero-order chi connectivity index (χ0) is 13.7. The average molecular weight is 300 g/mol. The number of methoxy groups -OCH3 is 1. The third kappa shape index (κ3) is 3.70. The van der Waals surface area contributed by atoms with Gasteiger partial charge in [0.15, 0.2) is 0 Å². The maximum Gasteiger partial charge on any atom is 0.0877 e. The highest BCUT2D eigenvalue weighted by Gasteiger charge is 2.10. The third-order valence-corrected chi connectivity index (χ3v) is 3.15. The van der Waals surface area contributed by atoms with Crippen molar-refractivity contribution in [1.82, 2.24) is 15.1 Å². The van der Waals surface area contributed by atoms with Crippen LogP contribution in [-0.4, -0.2) is 30.0 Å². The number of benzene rings is 1. The molecule has 0 radical (unpaired) electrons. The van der Waals surface area contributed by atoms with Crippen molar-refractivity contribution in [3.05, 3.63) is 46.2 Å². The van der Waals surface area contributed by atoms with Gasteiger partial charge in [-0.3, -0.25) is 0 Å². The Morgan fingerprint density at radius 2 is 2.21 bits per heavy atom. The zero-order valence-electron chi connectivity index (χ0n) is 10.6. The highest BCUT2D eigenvalue weighted by atomic mass is 35.5. The van der Waals surface area contributed by atoms with Crippen LogP contribution in [0.2, 0.25) is 10.0 Å². The van der Waals surface area contributed by atoms with Gasteiger partial charge < -0.3 is 10.1 Å². The zero-order valence-corrected chi connectivity index (χ0v) is 12.1. The molecule has 0 aliphatic rings. The fraction of sp³-hybridized carbons (Fsp3) is 0.308. The van der Waals surface area contributed by atoms with Crippen LogP contribution in [0.4, 0.5) is 0 Å². The number of aromatic nitrogens is 2. The topological polar surface area (TPSA) is 39.1 Å². The van der Waals surface area contributed by atoms with Crippen molar-refractivity contribution >= 4 is 23.2 Å². The van der Waals surface area contributed by atoms with E-state index in [9.17, 15) is 0 Å². The first kappa shape index (κ1) is 14.3. The minimum absolute atomic E-state index is 0.582. The van der Waals surface area contributed by atoms with Crippen LogP contribution >= 0.6 is 23.2 Å². The van der Waals surface area contributed by atoms with Crippen LogP contribution in [0.5, 0.6) is 0 Å². The molecule has 0 saturated heterocycles. The van der Waals surface area contributed by atoms with Gasteiger partial charge in [-0.1, -0.05) is 35.3 Å². The van der Waals surface area contributed by atoms with Crippen LogP contribution < -0.4 is 5.32 Å². The van der Waals surface area contributed by atoms with Crippen LogP contribution in [0.3, 0.4) is 0 Å². The minimum Gasteiger partial charge on any atom is -0.383 e. The molecule has 0 aliphatic heterocycles. The van der Waals surface area contributed by atoms with E-state index < -0.39 is 0 Å². The molecular weight excluding hydrogens is 285 g/mol. The van der Waals surface area contributed by atoms with E-state index in [0.717, 1.165) is 17.8 Å². The lowest BCUT2D eigenvalue weighted by atomic mass is 10.1. The molecule has 0 bridgehead atoms. The van der Waals surface area contributed by atoms with E-state index >= 15 is 0 Å². The molecule has 0 saturated carbocycles. The van der Waals surface area contributed by atoms with Crippen LogP contribution in [-0.2, 0) is 11.3 Å². The number of halogens is 2. The van der Waals surface area contributed by atoms with Crippen molar-refractivity contribution < 1.29 is 4.74 Å². The van der Waals surface area contributed by atoms with E-state index in [1.165, 1.54) is 0 Å². The van der Waals surface area contributed by atoms with Crippen LogP contribution in [0.1, 0.15) is 5.56 Å². The van der Waals surface area contributed by atoms with Crippen molar-refractivity contribution in [2.45, 2.75) is 6.54 Å². The summed E-state index contributed by atoms with van der Waals surface area (Å²) < 4.78 is 6.69. The Balaban J connectivity index is 2.21. The first-order valence-corrected chi connectivity index (χ1v) is 6.65. The van der Waals surface area contributed by atoms with Gasteiger partial charge in [-0.25, -0.2) is 4.68 Å². The van der Waals surface area contributed by atoms with Gasteiger partial charge in [-0.15, -0.1) is 0 Å². The van der Waals surface area contributed by atoms with Gasteiger partial charge in [0.2, 0.25) is 0 Å². The second-order valence-electron chi connectivity index (χ2n) is 4.02. The molecule has 0 unspecified atom stereocenters. The summed E-state index contributed by atoms with van der Waals surface area (Å²) in [6.45, 7) is 2.14. The summed E-state index contributed by atoms with van der Waals surface area (Å²) in [5, 5.41) is 8.71. The standard InChI is InChI=1S/C13H15Cl2N3O/c1-19-6-5-16-7-10-3-2-4-12(15)13(10)18-9-11(14)8-17-18/h2-4,8-9,16H,5-7H2,1H3. The predicted molar refractivity (Wildman–Crippen MR) is 77.2 cm³/mol. The molecule has 6 heteroatoms. The van der Waals surface area contributed by atoms with Gasteiger partial charge in [-0.05, 0) is 11.6 Å². The lowest BCUT2D eigenvalue weighted by Crippen LogP contribution is -2.19. The lowest BCUT2D eigenvalue weighted by molar-refractivity contribution is 0.199. The van der Waals surface area contributed by atoms with E-state index in [2.05, 4.69) is 10.4 Å². The van der Waals surface area contributed by atoms with Gasteiger partial charge in [0.25, 0.3) is 0 Å². The van der Waals surface area contributed by atoms with Crippen LogP contribution in [0.15, 0.2) is 30.6 Å². The quantitative estimate of drug-likeness (QED) is 0.834. The monoisotopic (exact) mass is 299 g/mol. The minimum atomic E-state index is 0.582. The smallest absolute Gasteiger partial charge is 0.0877 e. The normalized spacial score (nSPS) is 10.9. The van der Waals surface area contributed by atoms with Crippen molar-refractivity contribution in [2.24, 2.45) is 0 Å². The molecular formula is C13H15Cl2N3O. The fourth-order valence-electron chi connectivity index (χ4n) is 1.78. The Morgan fingerprint density at radius 3 is 2.89 bits per heavy atom. The third-order valence-electron chi connectivity index (χ3n) is 2.65. The predicted octanol–water partition coefficient (Wildman–Crippen LogP) is 2.92. The lowest BCUT2D eigenvalue weighted by Gasteiger charge is -2.12. The number of nitrogens with one attached hydrogen (secondary N) is 1. The van der Waals surface area contributed by atoms with Crippen molar-refractivity contribution in [2.75, 3.05) is 20.3 Å². The Bertz CT molecular complexity index is 542. The van der Waals surface area contributed by atoms with Gasteiger partial charge in [-0.2, -0.15) is 5.10 Å². The Hall–Kier alpha value is -1.07. The highest BCUT2D eigenvalue weighted by molar-refractivity contribution is 6.32. The van der Waals surface area contributed by atoms with Crippen molar-refractivity contribution in [3.8, 4) is 5.69 Å². The molecule has 1 aromatic carbocycles. The molecule has 1 aromatic heterocycles. The maximum absolute atomic E-state index is 6.26. The molecule has 1 heterocycles. The van der Waals surface area contributed by atoms with E-state index in [1.807, 2.05) is 18.2 Å². The first-order chi connectivity index (χ1) is 9.22. The summed E-state index contributed by atoms with van der Waals surface area (Å²) in [5.41, 5.74) is 1.91. The van der Waals surface area contributed by atoms with E-state index in [1.54, 1.807) is 24.2 Å². The largest absolute Gasteiger partial charge is 0.383 e. The molecule has 4 nitrogen and oxygen atoms in total. The molecule has 0 aliphatic carbocycles. The Kier molecular flexibility index (Phi) is 5.22. The summed E-state index contributed by atoms with van der Waals surface area (Å²) in [4.78, 5) is 0. The summed E-state index contributed by atoms with van der Waals surface area (Å²) in [6.07, 6.45) is 3.33. The molecule has 19 heavy (non-hydrogen) atoms. The van der Waals surface area contributed by atoms with E-state index in [4.69, 9.17) is 27.9 Å². The van der Waals surface area contributed by atoms with E-state index in [-0.39, 0.29) is 0 Å². The van der Waals surface area contributed by atoms with Crippen molar-refractivity contribution in [1.29, 1.82) is 0 Å². The van der Waals surface area contributed by atoms with Gasteiger partial charge >= 0.3 is 0 Å². The number of hydrogen-bond acceptors (Lipinski definition) is 3. The van der Waals surface area contributed by atoms with Gasteiger partial charge in [0, 0.05) is 26.4 Å².